The largest absolute Gasteiger partial charge is 0.495 e. The third-order valence-electron chi connectivity index (χ3n) is 6.49. The maximum atomic E-state index is 14.2. The quantitative estimate of drug-likeness (QED) is 0.289. The maximum absolute atomic E-state index is 14.2. The Kier molecular flexibility index (Phi) is 10.6. The topological polar surface area (TPSA) is 96.0 Å². The van der Waals surface area contributed by atoms with Crippen molar-refractivity contribution in [1.29, 1.82) is 0 Å². The summed E-state index contributed by atoms with van der Waals surface area (Å²) in [6, 6.07) is 15.4. The van der Waals surface area contributed by atoms with E-state index in [1.54, 1.807) is 55.5 Å². The van der Waals surface area contributed by atoms with E-state index in [2.05, 4.69) is 5.32 Å². The number of halogens is 2. The van der Waals surface area contributed by atoms with E-state index in [1.165, 1.54) is 24.1 Å². The fourth-order valence-corrected chi connectivity index (χ4v) is 5.97. The number of carbonyl (C=O) groups excluding carboxylic acids is 2. The van der Waals surface area contributed by atoms with Crippen LogP contribution in [0.4, 0.5) is 5.69 Å². The number of ether oxygens (including phenoxy) is 1. The first-order chi connectivity index (χ1) is 19.5. The molecule has 0 saturated carbocycles. The minimum Gasteiger partial charge on any atom is -0.495 e. The first-order valence-electron chi connectivity index (χ1n) is 13.3. The number of nitrogens with one attached hydrogen (secondary N) is 1. The van der Waals surface area contributed by atoms with Gasteiger partial charge in [0.2, 0.25) is 11.8 Å². The van der Waals surface area contributed by atoms with E-state index >= 15 is 0 Å². The second-order valence-electron chi connectivity index (χ2n) is 11.2. The first kappa shape index (κ1) is 33.2. The van der Waals surface area contributed by atoms with Gasteiger partial charge in [-0.25, -0.2) is 8.42 Å². The van der Waals surface area contributed by atoms with Crippen molar-refractivity contribution in [2.45, 2.75) is 64.6 Å². The van der Waals surface area contributed by atoms with E-state index < -0.39 is 40.0 Å². The molecule has 11 heteroatoms. The predicted octanol–water partition coefficient (Wildman–Crippen LogP) is 6.15. The van der Waals surface area contributed by atoms with Crippen LogP contribution >= 0.6 is 23.2 Å². The molecule has 0 aliphatic carbocycles. The van der Waals surface area contributed by atoms with Crippen molar-refractivity contribution in [2.75, 3.05) is 18.0 Å². The molecule has 2 amide bonds. The summed E-state index contributed by atoms with van der Waals surface area (Å²) in [5.41, 5.74) is 1.92. The third-order valence-corrected chi connectivity index (χ3v) is 9.01. The van der Waals surface area contributed by atoms with Crippen LogP contribution in [0.25, 0.3) is 0 Å². The van der Waals surface area contributed by atoms with Crippen molar-refractivity contribution >= 4 is 50.7 Å². The molecule has 0 aliphatic rings. The molecule has 0 bridgehead atoms. The summed E-state index contributed by atoms with van der Waals surface area (Å²) < 4.78 is 34.7. The zero-order valence-electron chi connectivity index (χ0n) is 24.9. The van der Waals surface area contributed by atoms with Crippen molar-refractivity contribution in [3.63, 3.8) is 0 Å². The number of carbonyl (C=O) groups is 2. The van der Waals surface area contributed by atoms with E-state index in [0.29, 0.717) is 15.6 Å². The number of hydrogen-bond acceptors (Lipinski definition) is 5. The number of nitrogens with zero attached hydrogens (tertiary/aromatic N) is 2. The van der Waals surface area contributed by atoms with Gasteiger partial charge >= 0.3 is 0 Å². The molecule has 3 rings (SSSR count). The van der Waals surface area contributed by atoms with Crippen molar-refractivity contribution in [1.82, 2.24) is 10.2 Å². The average molecular weight is 635 g/mol. The van der Waals surface area contributed by atoms with Gasteiger partial charge in [0.15, 0.2) is 0 Å². The number of rotatable bonds is 10. The van der Waals surface area contributed by atoms with Gasteiger partial charge in [-0.3, -0.25) is 13.9 Å². The van der Waals surface area contributed by atoms with Gasteiger partial charge in [-0.2, -0.15) is 0 Å². The lowest BCUT2D eigenvalue weighted by molar-refractivity contribution is -0.140. The molecule has 0 heterocycles. The van der Waals surface area contributed by atoms with Crippen LogP contribution in [0.3, 0.4) is 0 Å². The summed E-state index contributed by atoms with van der Waals surface area (Å²) in [7, 11) is -2.81. The lowest BCUT2D eigenvalue weighted by Crippen LogP contribution is -2.54. The molecule has 0 saturated heterocycles. The minimum absolute atomic E-state index is 0.0130. The molecule has 0 aliphatic heterocycles. The van der Waals surface area contributed by atoms with Crippen LogP contribution in [0.15, 0.2) is 65.6 Å². The first-order valence-corrected chi connectivity index (χ1v) is 15.5. The standard InChI is InChI=1S/C31H37Cl2N3O5S/c1-20-8-12-24(13-9-20)42(39,40)36(27-16-21(2)10-15-28(27)41-7)19-29(37)35(22(3)30(38)34-31(4,5)6)18-23-11-14-25(32)26(33)17-23/h8-17,22H,18-19H2,1-7H3,(H,34,38)/t22-/m1/s1. The highest BCUT2D eigenvalue weighted by atomic mass is 35.5. The Morgan fingerprint density at radius 2 is 1.55 bits per heavy atom. The SMILES string of the molecule is COc1ccc(C)cc1N(CC(=O)N(Cc1ccc(Cl)c(Cl)c1)[C@H](C)C(=O)NC(C)(C)C)S(=O)(=O)c1ccc(C)cc1. The maximum Gasteiger partial charge on any atom is 0.264 e. The average Bonchev–Trinajstić information content (AvgIpc) is 2.91. The van der Waals surface area contributed by atoms with Gasteiger partial charge in [0.05, 0.1) is 27.7 Å². The van der Waals surface area contributed by atoms with Gasteiger partial charge in [0, 0.05) is 12.1 Å². The number of sulfonamides is 1. The molecule has 1 N–H and O–H groups in total. The Labute approximate surface area is 258 Å². The van der Waals surface area contributed by atoms with E-state index in [-0.39, 0.29) is 22.9 Å². The second-order valence-corrected chi connectivity index (χ2v) is 13.9. The number of anilines is 1. The lowest BCUT2D eigenvalue weighted by atomic mass is 10.1. The minimum atomic E-state index is -4.24. The summed E-state index contributed by atoms with van der Waals surface area (Å²) in [5.74, 6) is -0.715. The van der Waals surface area contributed by atoms with Gasteiger partial charge in [-0.1, -0.05) is 53.0 Å². The number of amides is 2. The molecular formula is C31H37Cl2N3O5S. The van der Waals surface area contributed by atoms with Crippen LogP contribution in [0, 0.1) is 13.8 Å². The molecule has 0 fully saturated rings. The summed E-state index contributed by atoms with van der Waals surface area (Å²) in [6.07, 6.45) is 0. The molecule has 1 atom stereocenters. The van der Waals surface area contributed by atoms with Crippen LogP contribution in [0.2, 0.25) is 10.0 Å². The second kappa shape index (κ2) is 13.4. The molecule has 0 unspecified atom stereocenters. The van der Waals surface area contributed by atoms with E-state index in [1.807, 2.05) is 34.6 Å². The smallest absolute Gasteiger partial charge is 0.264 e. The summed E-state index contributed by atoms with van der Waals surface area (Å²) in [5, 5.41) is 3.54. The van der Waals surface area contributed by atoms with Crippen LogP contribution < -0.4 is 14.4 Å². The zero-order valence-corrected chi connectivity index (χ0v) is 27.2. The summed E-state index contributed by atoms with van der Waals surface area (Å²) in [4.78, 5) is 28.8. The molecule has 0 radical (unpaired) electrons. The highest BCUT2D eigenvalue weighted by Gasteiger charge is 2.34. The zero-order chi connectivity index (χ0) is 31.4. The van der Waals surface area contributed by atoms with E-state index in [9.17, 15) is 18.0 Å². The molecule has 42 heavy (non-hydrogen) atoms. The number of aryl methyl sites for hydroxylation is 2. The number of hydrogen-bond donors (Lipinski definition) is 1. The molecule has 226 valence electrons. The van der Waals surface area contributed by atoms with Gasteiger partial charge in [0.1, 0.15) is 18.3 Å². The van der Waals surface area contributed by atoms with E-state index in [0.717, 1.165) is 15.4 Å². The van der Waals surface area contributed by atoms with Crippen LogP contribution in [0.1, 0.15) is 44.4 Å². The van der Waals surface area contributed by atoms with Crippen LogP contribution in [-0.4, -0.2) is 50.4 Å². The number of methoxy groups -OCH3 is 1. The number of benzene rings is 3. The van der Waals surface area contributed by atoms with Crippen molar-refractivity contribution < 1.29 is 22.7 Å². The van der Waals surface area contributed by atoms with Crippen molar-refractivity contribution in [2.24, 2.45) is 0 Å². The molecule has 3 aromatic carbocycles. The molecule has 8 nitrogen and oxygen atoms in total. The van der Waals surface area contributed by atoms with E-state index in [4.69, 9.17) is 27.9 Å². The summed E-state index contributed by atoms with van der Waals surface area (Å²) >= 11 is 12.3. The van der Waals surface area contributed by atoms with Gasteiger partial charge in [0.25, 0.3) is 10.0 Å². The molecule has 0 spiro atoms. The Morgan fingerprint density at radius 3 is 2.12 bits per heavy atom. The Balaban J connectivity index is 2.12. The highest BCUT2D eigenvalue weighted by molar-refractivity contribution is 7.92. The molecular weight excluding hydrogens is 597 g/mol. The third kappa shape index (κ3) is 8.18. The highest BCUT2D eigenvalue weighted by Crippen LogP contribution is 2.34. The molecule has 3 aromatic rings. The van der Waals surface area contributed by atoms with Crippen molar-refractivity contribution in [3.05, 3.63) is 87.4 Å². The van der Waals surface area contributed by atoms with Gasteiger partial charge in [-0.05, 0) is 89.1 Å². The van der Waals surface area contributed by atoms with Crippen LogP contribution in [-0.2, 0) is 26.2 Å². The Hall–Kier alpha value is -3.27. The Morgan fingerprint density at radius 1 is 0.929 bits per heavy atom. The molecule has 0 aromatic heterocycles. The van der Waals surface area contributed by atoms with Gasteiger partial charge in [-0.15, -0.1) is 0 Å². The van der Waals surface area contributed by atoms with Crippen molar-refractivity contribution in [3.8, 4) is 5.75 Å². The fraction of sp³-hybridized carbons (Fsp3) is 0.355. The lowest BCUT2D eigenvalue weighted by Gasteiger charge is -2.34. The fourth-order valence-electron chi connectivity index (χ4n) is 4.24. The van der Waals surface area contributed by atoms with Gasteiger partial charge < -0.3 is 15.0 Å². The van der Waals surface area contributed by atoms with Crippen LogP contribution in [0.5, 0.6) is 5.75 Å². The summed E-state index contributed by atoms with van der Waals surface area (Å²) in [6.45, 7) is 10.2. The normalized spacial score (nSPS) is 12.4. The Bertz CT molecular complexity index is 1550. The monoisotopic (exact) mass is 633 g/mol. The predicted molar refractivity (Wildman–Crippen MR) is 168 cm³/mol.